The SMILES string of the molecule is O=CNCC=CCC(=O)OCc1ccccc1. The van der Waals surface area contributed by atoms with Gasteiger partial charge in [0.25, 0.3) is 0 Å². The van der Waals surface area contributed by atoms with Crippen LogP contribution in [0.3, 0.4) is 0 Å². The van der Waals surface area contributed by atoms with E-state index in [-0.39, 0.29) is 12.4 Å². The van der Waals surface area contributed by atoms with E-state index in [1.165, 1.54) is 0 Å². The number of hydrogen-bond acceptors (Lipinski definition) is 3. The lowest BCUT2D eigenvalue weighted by molar-refractivity contribution is -0.143. The minimum absolute atomic E-state index is 0.216. The molecule has 0 atom stereocenters. The number of nitrogens with one attached hydrogen (secondary N) is 1. The third kappa shape index (κ3) is 6.14. The number of amides is 1. The van der Waals surface area contributed by atoms with Crippen molar-refractivity contribution < 1.29 is 14.3 Å². The summed E-state index contributed by atoms with van der Waals surface area (Å²) in [6.45, 7) is 0.718. The molecule has 1 rings (SSSR count). The fraction of sp³-hybridized carbons (Fsp3) is 0.231. The first-order valence-electron chi connectivity index (χ1n) is 5.34. The van der Waals surface area contributed by atoms with Gasteiger partial charge in [-0.25, -0.2) is 0 Å². The predicted octanol–water partition coefficient (Wildman–Crippen LogP) is 1.42. The first-order valence-corrected chi connectivity index (χ1v) is 5.34. The van der Waals surface area contributed by atoms with Crippen LogP contribution in [0.1, 0.15) is 12.0 Å². The van der Waals surface area contributed by atoms with Crippen LogP contribution in [0.15, 0.2) is 42.5 Å². The normalized spacial score (nSPS) is 10.1. The highest BCUT2D eigenvalue weighted by Crippen LogP contribution is 2.01. The number of carbonyl (C=O) groups is 2. The summed E-state index contributed by atoms with van der Waals surface area (Å²) in [6, 6.07) is 9.50. The number of esters is 1. The standard InChI is InChI=1S/C13H15NO3/c15-11-14-9-5-4-8-13(16)17-10-12-6-2-1-3-7-12/h1-7,11H,8-10H2,(H,14,15). The fourth-order valence-electron chi connectivity index (χ4n) is 1.18. The molecule has 17 heavy (non-hydrogen) atoms. The van der Waals surface area contributed by atoms with Crippen molar-refractivity contribution in [1.82, 2.24) is 5.32 Å². The molecule has 0 aromatic heterocycles. The van der Waals surface area contributed by atoms with E-state index in [9.17, 15) is 9.59 Å². The van der Waals surface area contributed by atoms with Gasteiger partial charge in [0, 0.05) is 6.54 Å². The van der Waals surface area contributed by atoms with E-state index in [0.29, 0.717) is 19.6 Å². The van der Waals surface area contributed by atoms with Gasteiger partial charge < -0.3 is 10.1 Å². The topological polar surface area (TPSA) is 55.4 Å². The van der Waals surface area contributed by atoms with Gasteiger partial charge in [0.2, 0.25) is 6.41 Å². The van der Waals surface area contributed by atoms with Gasteiger partial charge in [-0.05, 0) is 5.56 Å². The molecule has 0 aliphatic heterocycles. The van der Waals surface area contributed by atoms with Gasteiger partial charge in [-0.2, -0.15) is 0 Å². The largest absolute Gasteiger partial charge is 0.461 e. The zero-order valence-corrected chi connectivity index (χ0v) is 9.46. The van der Waals surface area contributed by atoms with Crippen LogP contribution in [0.4, 0.5) is 0 Å². The van der Waals surface area contributed by atoms with Gasteiger partial charge in [-0.15, -0.1) is 0 Å². The maximum Gasteiger partial charge on any atom is 0.309 e. The summed E-state index contributed by atoms with van der Waals surface area (Å²) in [5.41, 5.74) is 0.965. The summed E-state index contributed by atoms with van der Waals surface area (Å²) in [4.78, 5) is 21.2. The molecule has 0 bridgehead atoms. The van der Waals surface area contributed by atoms with Crippen LogP contribution < -0.4 is 5.32 Å². The van der Waals surface area contributed by atoms with Crippen LogP contribution in [-0.2, 0) is 20.9 Å². The van der Waals surface area contributed by atoms with Crippen molar-refractivity contribution in [3.05, 3.63) is 48.0 Å². The lowest BCUT2D eigenvalue weighted by atomic mass is 10.2. The van der Waals surface area contributed by atoms with Crippen LogP contribution in [0.2, 0.25) is 0 Å². The summed E-state index contributed by atoms with van der Waals surface area (Å²) >= 11 is 0. The number of hydrogen-bond donors (Lipinski definition) is 1. The second kappa shape index (κ2) is 8.10. The van der Waals surface area contributed by atoms with Crippen LogP contribution in [0, 0.1) is 0 Å². The Kier molecular flexibility index (Phi) is 6.18. The molecule has 1 N–H and O–H groups in total. The van der Waals surface area contributed by atoms with Crippen molar-refractivity contribution in [2.45, 2.75) is 13.0 Å². The molecule has 1 amide bonds. The first-order chi connectivity index (χ1) is 8.33. The monoisotopic (exact) mass is 233 g/mol. The van der Waals surface area contributed by atoms with Crippen LogP contribution >= 0.6 is 0 Å². The van der Waals surface area contributed by atoms with E-state index in [4.69, 9.17) is 4.74 Å². The average Bonchev–Trinajstić information content (AvgIpc) is 2.37. The van der Waals surface area contributed by atoms with Gasteiger partial charge >= 0.3 is 5.97 Å². The number of ether oxygens (including phenoxy) is 1. The summed E-state index contributed by atoms with van der Waals surface area (Å²) in [5, 5.41) is 2.46. The molecule has 1 aromatic rings. The molecule has 0 spiro atoms. The highest BCUT2D eigenvalue weighted by atomic mass is 16.5. The van der Waals surface area contributed by atoms with Gasteiger partial charge in [0.1, 0.15) is 6.61 Å². The Labute approximate surface area is 100 Å². The Balaban J connectivity index is 2.17. The molecule has 90 valence electrons. The molecular weight excluding hydrogens is 218 g/mol. The summed E-state index contributed by atoms with van der Waals surface area (Å²) in [7, 11) is 0. The fourth-order valence-corrected chi connectivity index (χ4v) is 1.18. The van der Waals surface area contributed by atoms with Crippen molar-refractivity contribution in [2.24, 2.45) is 0 Å². The van der Waals surface area contributed by atoms with E-state index in [1.807, 2.05) is 30.3 Å². The molecule has 0 fully saturated rings. The number of carbonyl (C=O) groups excluding carboxylic acids is 2. The zero-order chi connectivity index (χ0) is 12.3. The molecule has 0 heterocycles. The van der Waals surface area contributed by atoms with E-state index < -0.39 is 0 Å². The maximum absolute atomic E-state index is 11.3. The molecular formula is C13H15NO3. The Morgan fingerprint density at radius 3 is 2.71 bits per heavy atom. The Hall–Kier alpha value is -2.10. The highest BCUT2D eigenvalue weighted by Gasteiger charge is 1.99. The van der Waals surface area contributed by atoms with Gasteiger partial charge in [-0.1, -0.05) is 42.5 Å². The number of benzene rings is 1. The Morgan fingerprint density at radius 1 is 1.24 bits per heavy atom. The smallest absolute Gasteiger partial charge is 0.309 e. The van der Waals surface area contributed by atoms with E-state index in [1.54, 1.807) is 12.2 Å². The van der Waals surface area contributed by atoms with Crippen molar-refractivity contribution in [2.75, 3.05) is 6.54 Å². The molecule has 0 saturated carbocycles. The van der Waals surface area contributed by atoms with E-state index >= 15 is 0 Å². The van der Waals surface area contributed by atoms with E-state index in [2.05, 4.69) is 5.32 Å². The molecule has 0 aliphatic rings. The molecule has 0 aliphatic carbocycles. The molecule has 0 unspecified atom stereocenters. The zero-order valence-electron chi connectivity index (χ0n) is 9.46. The highest BCUT2D eigenvalue weighted by molar-refractivity contribution is 5.71. The second-order valence-corrected chi connectivity index (χ2v) is 3.35. The lowest BCUT2D eigenvalue weighted by Gasteiger charge is -2.02. The molecule has 1 aromatic carbocycles. The summed E-state index contributed by atoms with van der Waals surface area (Å²) < 4.78 is 5.05. The first kappa shape index (κ1) is 13.0. The van der Waals surface area contributed by atoms with Crippen molar-refractivity contribution >= 4 is 12.4 Å². The Morgan fingerprint density at radius 2 is 2.00 bits per heavy atom. The predicted molar refractivity (Wildman–Crippen MR) is 64.1 cm³/mol. The minimum atomic E-state index is -0.281. The third-order valence-corrected chi connectivity index (χ3v) is 2.01. The van der Waals surface area contributed by atoms with Gasteiger partial charge in [0.15, 0.2) is 0 Å². The quantitative estimate of drug-likeness (QED) is 0.335. The van der Waals surface area contributed by atoms with E-state index in [0.717, 1.165) is 5.56 Å². The molecule has 0 radical (unpaired) electrons. The molecule has 4 nitrogen and oxygen atoms in total. The number of rotatable bonds is 7. The average molecular weight is 233 g/mol. The summed E-state index contributed by atoms with van der Waals surface area (Å²) in [5.74, 6) is -0.281. The second-order valence-electron chi connectivity index (χ2n) is 3.35. The maximum atomic E-state index is 11.3. The van der Waals surface area contributed by atoms with Crippen molar-refractivity contribution in [1.29, 1.82) is 0 Å². The lowest BCUT2D eigenvalue weighted by Crippen LogP contribution is -2.09. The van der Waals surface area contributed by atoms with Gasteiger partial charge in [-0.3, -0.25) is 9.59 Å². The van der Waals surface area contributed by atoms with Crippen molar-refractivity contribution in [3.63, 3.8) is 0 Å². The van der Waals surface area contributed by atoms with Gasteiger partial charge in [0.05, 0.1) is 6.42 Å². The third-order valence-electron chi connectivity index (χ3n) is 2.01. The Bertz CT molecular complexity index is 374. The summed E-state index contributed by atoms with van der Waals surface area (Å²) in [6.07, 6.45) is 4.20. The minimum Gasteiger partial charge on any atom is -0.461 e. The van der Waals surface area contributed by atoms with Crippen LogP contribution in [0.25, 0.3) is 0 Å². The molecule has 4 heteroatoms. The van der Waals surface area contributed by atoms with Crippen LogP contribution in [0.5, 0.6) is 0 Å². The molecule has 0 saturated heterocycles. The van der Waals surface area contributed by atoms with Crippen molar-refractivity contribution in [3.8, 4) is 0 Å². The van der Waals surface area contributed by atoms with Crippen LogP contribution in [-0.4, -0.2) is 18.9 Å².